The van der Waals surface area contributed by atoms with Crippen molar-refractivity contribution in [2.45, 2.75) is 44.5 Å². The van der Waals surface area contributed by atoms with Crippen molar-refractivity contribution in [2.24, 2.45) is 0 Å². The Morgan fingerprint density at radius 1 is 1.15 bits per heavy atom. The number of benzene rings is 2. The SMILES string of the molecule is Cc1cccc(C)c1-n1nnnc1SCC(=O)N(Cc1ccc(N(C)C)cc1)CC1CCCO1. The lowest BCUT2D eigenvalue weighted by Gasteiger charge is -2.26. The number of nitrogens with zero attached hydrogens (tertiary/aromatic N) is 6. The molecule has 0 saturated carbocycles. The molecule has 2 heterocycles. The summed E-state index contributed by atoms with van der Waals surface area (Å²) in [7, 11) is 4.04. The van der Waals surface area contributed by atoms with Gasteiger partial charge in [-0.2, -0.15) is 4.68 Å². The fraction of sp³-hybridized carbons (Fsp3) is 0.440. The highest BCUT2D eigenvalue weighted by Gasteiger charge is 2.24. The Bertz CT molecular complexity index is 1090. The normalized spacial score (nSPS) is 15.5. The second-order valence-corrected chi connectivity index (χ2v) is 9.82. The standard InChI is InChI=1S/C25H32N6O2S/c1-18-7-5-8-19(2)24(18)31-25(26-27-28-31)34-17-23(32)30(16-22-9-6-14-33-22)15-20-10-12-21(13-11-20)29(3)4/h5,7-8,10-13,22H,6,9,14-17H2,1-4H3. The number of hydrogen-bond donors (Lipinski definition) is 0. The third-order valence-electron chi connectivity index (χ3n) is 6.04. The van der Waals surface area contributed by atoms with E-state index in [9.17, 15) is 4.79 Å². The fourth-order valence-electron chi connectivity index (χ4n) is 4.18. The third kappa shape index (κ3) is 5.77. The van der Waals surface area contributed by atoms with Gasteiger partial charge in [0, 0.05) is 39.5 Å². The zero-order valence-corrected chi connectivity index (χ0v) is 21.1. The Labute approximate surface area is 205 Å². The van der Waals surface area contributed by atoms with E-state index >= 15 is 0 Å². The number of carbonyl (C=O) groups is 1. The van der Waals surface area contributed by atoms with Gasteiger partial charge in [-0.3, -0.25) is 4.79 Å². The van der Waals surface area contributed by atoms with Gasteiger partial charge in [0.2, 0.25) is 11.1 Å². The van der Waals surface area contributed by atoms with Crippen LogP contribution in [0.5, 0.6) is 0 Å². The Morgan fingerprint density at radius 2 is 1.88 bits per heavy atom. The van der Waals surface area contributed by atoms with Crippen LogP contribution in [0.15, 0.2) is 47.6 Å². The Balaban J connectivity index is 1.47. The molecule has 3 aromatic rings. The van der Waals surface area contributed by atoms with Crippen LogP contribution >= 0.6 is 11.8 Å². The third-order valence-corrected chi connectivity index (χ3v) is 6.95. The van der Waals surface area contributed by atoms with Gasteiger partial charge in [0.25, 0.3) is 0 Å². The van der Waals surface area contributed by atoms with Crippen molar-refractivity contribution in [1.82, 2.24) is 25.1 Å². The number of rotatable bonds is 9. The van der Waals surface area contributed by atoms with Gasteiger partial charge in [0.15, 0.2) is 0 Å². The van der Waals surface area contributed by atoms with Gasteiger partial charge in [-0.25, -0.2) is 0 Å². The molecule has 0 radical (unpaired) electrons. The van der Waals surface area contributed by atoms with E-state index in [2.05, 4.69) is 44.7 Å². The van der Waals surface area contributed by atoms with E-state index in [4.69, 9.17) is 4.74 Å². The summed E-state index contributed by atoms with van der Waals surface area (Å²) in [6.45, 7) is 5.98. The molecule has 1 fully saturated rings. The molecule has 180 valence electrons. The summed E-state index contributed by atoms with van der Waals surface area (Å²) in [6, 6.07) is 14.4. The second-order valence-electron chi connectivity index (χ2n) is 8.87. The maximum absolute atomic E-state index is 13.4. The van der Waals surface area contributed by atoms with Crippen LogP contribution in [0.25, 0.3) is 5.69 Å². The smallest absolute Gasteiger partial charge is 0.233 e. The first-order valence-electron chi connectivity index (χ1n) is 11.6. The highest BCUT2D eigenvalue weighted by atomic mass is 32.2. The molecular formula is C25H32N6O2S. The van der Waals surface area contributed by atoms with Crippen LogP contribution in [0.3, 0.4) is 0 Å². The number of aromatic nitrogens is 4. The number of para-hydroxylation sites is 1. The summed E-state index contributed by atoms with van der Waals surface area (Å²) < 4.78 is 7.56. The van der Waals surface area contributed by atoms with E-state index in [1.165, 1.54) is 11.8 Å². The molecule has 1 amide bonds. The first-order chi connectivity index (χ1) is 16.4. The lowest BCUT2D eigenvalue weighted by atomic mass is 10.1. The average Bonchev–Trinajstić information content (AvgIpc) is 3.49. The summed E-state index contributed by atoms with van der Waals surface area (Å²) in [4.78, 5) is 17.3. The van der Waals surface area contributed by atoms with Crippen LogP contribution in [-0.4, -0.2) is 70.1 Å². The van der Waals surface area contributed by atoms with Crippen LogP contribution in [0.2, 0.25) is 0 Å². The molecule has 1 saturated heterocycles. The molecule has 2 aromatic carbocycles. The molecule has 8 nitrogen and oxygen atoms in total. The van der Waals surface area contributed by atoms with Gasteiger partial charge in [-0.05, 0) is 65.9 Å². The van der Waals surface area contributed by atoms with E-state index in [-0.39, 0.29) is 17.8 Å². The van der Waals surface area contributed by atoms with Gasteiger partial charge < -0.3 is 14.5 Å². The van der Waals surface area contributed by atoms with Crippen LogP contribution < -0.4 is 4.90 Å². The van der Waals surface area contributed by atoms with E-state index in [1.54, 1.807) is 4.68 Å². The predicted molar refractivity (Wildman–Crippen MR) is 135 cm³/mol. The molecule has 0 N–H and O–H groups in total. The zero-order chi connectivity index (χ0) is 24.1. The van der Waals surface area contributed by atoms with Crippen molar-refractivity contribution in [3.8, 4) is 5.69 Å². The molecule has 0 bridgehead atoms. The lowest BCUT2D eigenvalue weighted by molar-refractivity contribution is -0.130. The summed E-state index contributed by atoms with van der Waals surface area (Å²) in [6.07, 6.45) is 2.13. The topological polar surface area (TPSA) is 76.4 Å². The predicted octanol–water partition coefficient (Wildman–Crippen LogP) is 3.65. The number of carbonyl (C=O) groups excluding carboxylic acids is 1. The fourth-order valence-corrected chi connectivity index (χ4v) is 4.95. The van der Waals surface area contributed by atoms with Gasteiger partial charge in [-0.1, -0.05) is 42.1 Å². The number of aryl methyl sites for hydroxylation is 2. The number of ether oxygens (including phenoxy) is 1. The minimum Gasteiger partial charge on any atom is -0.378 e. The summed E-state index contributed by atoms with van der Waals surface area (Å²) in [5, 5.41) is 12.9. The second kappa shape index (κ2) is 11.0. The molecule has 4 rings (SSSR count). The Kier molecular flexibility index (Phi) is 7.84. The molecule has 34 heavy (non-hydrogen) atoms. The quantitative estimate of drug-likeness (QED) is 0.433. The number of tetrazole rings is 1. The average molecular weight is 481 g/mol. The Morgan fingerprint density at radius 3 is 2.53 bits per heavy atom. The largest absolute Gasteiger partial charge is 0.378 e. The van der Waals surface area contributed by atoms with Gasteiger partial charge >= 0.3 is 0 Å². The molecular weight excluding hydrogens is 448 g/mol. The summed E-state index contributed by atoms with van der Waals surface area (Å²) in [5.41, 5.74) is 5.36. The van der Waals surface area contributed by atoms with Crippen molar-refractivity contribution >= 4 is 23.4 Å². The number of amides is 1. The highest BCUT2D eigenvalue weighted by Crippen LogP contribution is 2.24. The van der Waals surface area contributed by atoms with Crippen LogP contribution in [0, 0.1) is 13.8 Å². The molecule has 0 spiro atoms. The zero-order valence-electron chi connectivity index (χ0n) is 20.3. The van der Waals surface area contributed by atoms with Gasteiger partial charge in [0.05, 0.1) is 17.5 Å². The van der Waals surface area contributed by atoms with E-state index in [0.717, 1.165) is 47.5 Å². The maximum atomic E-state index is 13.4. The number of thioether (sulfide) groups is 1. The lowest BCUT2D eigenvalue weighted by Crippen LogP contribution is -2.38. The summed E-state index contributed by atoms with van der Waals surface area (Å²) >= 11 is 1.37. The van der Waals surface area contributed by atoms with Gasteiger partial charge in [-0.15, -0.1) is 5.10 Å². The summed E-state index contributed by atoms with van der Waals surface area (Å²) in [5.74, 6) is 0.307. The number of anilines is 1. The minimum absolute atomic E-state index is 0.0493. The molecule has 1 aromatic heterocycles. The van der Waals surface area contributed by atoms with Crippen LogP contribution in [0.4, 0.5) is 5.69 Å². The van der Waals surface area contributed by atoms with Crippen molar-refractivity contribution in [3.63, 3.8) is 0 Å². The van der Waals surface area contributed by atoms with Crippen LogP contribution in [0.1, 0.15) is 29.5 Å². The van der Waals surface area contributed by atoms with E-state index in [1.807, 2.05) is 51.0 Å². The van der Waals surface area contributed by atoms with E-state index in [0.29, 0.717) is 18.2 Å². The Hall–Kier alpha value is -2.91. The first-order valence-corrected chi connectivity index (χ1v) is 12.5. The molecule has 1 aliphatic heterocycles. The van der Waals surface area contributed by atoms with E-state index < -0.39 is 0 Å². The molecule has 1 unspecified atom stereocenters. The van der Waals surface area contributed by atoms with Crippen molar-refractivity contribution < 1.29 is 9.53 Å². The van der Waals surface area contributed by atoms with Crippen molar-refractivity contribution in [2.75, 3.05) is 37.9 Å². The van der Waals surface area contributed by atoms with Crippen LogP contribution in [-0.2, 0) is 16.1 Å². The van der Waals surface area contributed by atoms with Gasteiger partial charge in [0.1, 0.15) is 0 Å². The highest BCUT2D eigenvalue weighted by molar-refractivity contribution is 7.99. The molecule has 1 aliphatic rings. The first kappa shape index (κ1) is 24.2. The maximum Gasteiger partial charge on any atom is 0.233 e. The molecule has 0 aliphatic carbocycles. The van der Waals surface area contributed by atoms with Crippen molar-refractivity contribution in [1.29, 1.82) is 0 Å². The minimum atomic E-state index is 0.0493. The molecule has 9 heteroatoms. The molecule has 1 atom stereocenters. The number of hydrogen-bond acceptors (Lipinski definition) is 7. The monoisotopic (exact) mass is 480 g/mol. The van der Waals surface area contributed by atoms with Crippen molar-refractivity contribution in [3.05, 3.63) is 59.2 Å².